The molecule has 0 spiro atoms. The molecule has 20 heavy (non-hydrogen) atoms. The normalized spacial score (nSPS) is 18.7. The average molecular weight is 275 g/mol. The largest absolute Gasteiger partial charge is 0.399 e. The molecule has 0 aromatic heterocycles. The number of piperidine rings is 1. The van der Waals surface area contributed by atoms with Gasteiger partial charge in [0.25, 0.3) is 0 Å². The van der Waals surface area contributed by atoms with Gasteiger partial charge in [0.1, 0.15) is 0 Å². The van der Waals surface area contributed by atoms with E-state index in [9.17, 15) is 4.79 Å². The Kier molecular flexibility index (Phi) is 4.65. The number of anilines is 2. The SMILES string of the molecule is CC1(C)CCCN(CCC(=O)Nc2cccc(N)c2)C1. The van der Waals surface area contributed by atoms with E-state index in [-0.39, 0.29) is 5.91 Å². The van der Waals surface area contributed by atoms with Gasteiger partial charge in [-0.15, -0.1) is 0 Å². The fraction of sp³-hybridized carbons (Fsp3) is 0.562. The number of nitrogens with two attached hydrogens (primary N) is 1. The van der Waals surface area contributed by atoms with Crippen molar-refractivity contribution in [1.29, 1.82) is 0 Å². The van der Waals surface area contributed by atoms with Crippen molar-refractivity contribution >= 4 is 17.3 Å². The van der Waals surface area contributed by atoms with Crippen LogP contribution in [0.15, 0.2) is 24.3 Å². The Labute approximate surface area is 121 Å². The number of nitrogens with one attached hydrogen (secondary N) is 1. The summed E-state index contributed by atoms with van der Waals surface area (Å²) >= 11 is 0. The fourth-order valence-corrected chi connectivity index (χ4v) is 2.84. The molecule has 2 rings (SSSR count). The molecule has 1 fully saturated rings. The first-order valence-electron chi connectivity index (χ1n) is 7.32. The summed E-state index contributed by atoms with van der Waals surface area (Å²) in [6, 6.07) is 7.30. The molecule has 1 amide bonds. The van der Waals surface area contributed by atoms with Crippen LogP contribution in [0.5, 0.6) is 0 Å². The molecule has 0 radical (unpaired) electrons. The lowest BCUT2D eigenvalue weighted by molar-refractivity contribution is -0.116. The van der Waals surface area contributed by atoms with Gasteiger partial charge in [0.05, 0.1) is 0 Å². The molecule has 110 valence electrons. The highest BCUT2D eigenvalue weighted by atomic mass is 16.1. The van der Waals surface area contributed by atoms with E-state index in [2.05, 4.69) is 24.1 Å². The van der Waals surface area contributed by atoms with Crippen LogP contribution in [-0.4, -0.2) is 30.4 Å². The smallest absolute Gasteiger partial charge is 0.225 e. The number of rotatable bonds is 4. The molecule has 3 N–H and O–H groups in total. The van der Waals surface area contributed by atoms with E-state index in [4.69, 9.17) is 5.73 Å². The second-order valence-corrected chi connectivity index (χ2v) is 6.47. The molecule has 1 heterocycles. The molecule has 4 nitrogen and oxygen atoms in total. The maximum atomic E-state index is 11.9. The van der Waals surface area contributed by atoms with Gasteiger partial charge >= 0.3 is 0 Å². The number of carbonyl (C=O) groups excluding carboxylic acids is 1. The van der Waals surface area contributed by atoms with Crippen LogP contribution in [0.25, 0.3) is 0 Å². The van der Waals surface area contributed by atoms with Crippen molar-refractivity contribution < 1.29 is 4.79 Å². The molecule has 1 saturated heterocycles. The van der Waals surface area contributed by atoms with E-state index < -0.39 is 0 Å². The summed E-state index contributed by atoms with van der Waals surface area (Å²) in [5.74, 6) is 0.0546. The topological polar surface area (TPSA) is 58.4 Å². The van der Waals surface area contributed by atoms with E-state index in [1.54, 1.807) is 6.07 Å². The Balaban J connectivity index is 1.78. The number of likely N-dealkylation sites (tertiary alicyclic amines) is 1. The minimum absolute atomic E-state index is 0.0546. The minimum Gasteiger partial charge on any atom is -0.399 e. The van der Waals surface area contributed by atoms with Crippen LogP contribution < -0.4 is 11.1 Å². The number of nitrogen functional groups attached to an aromatic ring is 1. The van der Waals surface area contributed by atoms with Gasteiger partial charge in [-0.25, -0.2) is 0 Å². The van der Waals surface area contributed by atoms with Crippen LogP contribution in [-0.2, 0) is 4.79 Å². The van der Waals surface area contributed by atoms with Gasteiger partial charge in [-0.05, 0) is 43.0 Å². The molecular weight excluding hydrogens is 250 g/mol. The van der Waals surface area contributed by atoms with Gasteiger partial charge in [0, 0.05) is 30.9 Å². The van der Waals surface area contributed by atoms with E-state index in [0.29, 0.717) is 17.5 Å². The summed E-state index contributed by atoms with van der Waals surface area (Å²) in [6.45, 7) is 7.61. The monoisotopic (exact) mass is 275 g/mol. The number of hydrogen-bond acceptors (Lipinski definition) is 3. The van der Waals surface area contributed by atoms with Crippen molar-refractivity contribution in [3.8, 4) is 0 Å². The molecule has 1 aliphatic rings. The number of amides is 1. The summed E-state index contributed by atoms with van der Waals surface area (Å²) in [7, 11) is 0. The molecule has 0 unspecified atom stereocenters. The zero-order valence-electron chi connectivity index (χ0n) is 12.5. The fourth-order valence-electron chi connectivity index (χ4n) is 2.84. The van der Waals surface area contributed by atoms with Gasteiger partial charge in [-0.3, -0.25) is 4.79 Å². The Morgan fingerprint density at radius 3 is 2.95 bits per heavy atom. The first-order chi connectivity index (χ1) is 9.44. The van der Waals surface area contributed by atoms with Gasteiger partial charge in [0.15, 0.2) is 0 Å². The highest BCUT2D eigenvalue weighted by molar-refractivity contribution is 5.91. The third kappa shape index (κ3) is 4.53. The van der Waals surface area contributed by atoms with E-state index >= 15 is 0 Å². The summed E-state index contributed by atoms with van der Waals surface area (Å²) in [6.07, 6.45) is 3.04. The predicted molar refractivity (Wildman–Crippen MR) is 83.6 cm³/mol. The Hall–Kier alpha value is -1.55. The number of nitrogens with zero attached hydrogens (tertiary/aromatic N) is 1. The maximum Gasteiger partial charge on any atom is 0.225 e. The third-order valence-electron chi connectivity index (χ3n) is 3.81. The van der Waals surface area contributed by atoms with Crippen molar-refractivity contribution in [1.82, 2.24) is 4.90 Å². The van der Waals surface area contributed by atoms with E-state index in [0.717, 1.165) is 25.3 Å². The summed E-state index contributed by atoms with van der Waals surface area (Å²) in [5.41, 5.74) is 7.51. The molecule has 0 bridgehead atoms. The van der Waals surface area contributed by atoms with Crippen molar-refractivity contribution in [2.45, 2.75) is 33.1 Å². The Morgan fingerprint density at radius 2 is 2.25 bits per heavy atom. The molecule has 1 aromatic rings. The average Bonchev–Trinajstić information content (AvgIpc) is 2.35. The molecule has 1 aromatic carbocycles. The van der Waals surface area contributed by atoms with Crippen LogP contribution in [0.2, 0.25) is 0 Å². The molecule has 1 aliphatic heterocycles. The van der Waals surface area contributed by atoms with E-state index in [1.807, 2.05) is 18.2 Å². The minimum atomic E-state index is 0.0546. The van der Waals surface area contributed by atoms with E-state index in [1.165, 1.54) is 12.8 Å². The van der Waals surface area contributed by atoms with Crippen LogP contribution in [0, 0.1) is 5.41 Å². The lowest BCUT2D eigenvalue weighted by Crippen LogP contribution is -2.41. The van der Waals surface area contributed by atoms with Gasteiger partial charge < -0.3 is 16.0 Å². The summed E-state index contributed by atoms with van der Waals surface area (Å²) in [5, 5.41) is 2.90. The molecule has 0 saturated carbocycles. The van der Waals surface area contributed by atoms with Gasteiger partial charge in [-0.2, -0.15) is 0 Å². The zero-order chi connectivity index (χ0) is 14.6. The van der Waals surface area contributed by atoms with Crippen LogP contribution in [0.1, 0.15) is 33.1 Å². The molecular formula is C16H25N3O. The van der Waals surface area contributed by atoms with Crippen LogP contribution in [0.4, 0.5) is 11.4 Å². The highest BCUT2D eigenvalue weighted by Gasteiger charge is 2.26. The standard InChI is InChI=1S/C16H25N3O/c1-16(2)8-4-9-19(12-16)10-7-15(20)18-14-6-3-5-13(17)11-14/h3,5-6,11H,4,7-10,12,17H2,1-2H3,(H,18,20). The first-order valence-corrected chi connectivity index (χ1v) is 7.32. The number of hydrogen-bond donors (Lipinski definition) is 2. The zero-order valence-corrected chi connectivity index (χ0v) is 12.5. The second kappa shape index (κ2) is 6.27. The highest BCUT2D eigenvalue weighted by Crippen LogP contribution is 2.28. The lowest BCUT2D eigenvalue weighted by atomic mass is 9.84. The van der Waals surface area contributed by atoms with Crippen molar-refractivity contribution in [2.24, 2.45) is 5.41 Å². The van der Waals surface area contributed by atoms with Crippen LogP contribution >= 0.6 is 0 Å². The first kappa shape index (κ1) is 14.9. The summed E-state index contributed by atoms with van der Waals surface area (Å²) in [4.78, 5) is 14.3. The second-order valence-electron chi connectivity index (χ2n) is 6.47. The van der Waals surface area contributed by atoms with Gasteiger partial charge in [-0.1, -0.05) is 19.9 Å². The molecule has 4 heteroatoms. The molecule has 0 atom stereocenters. The number of carbonyl (C=O) groups is 1. The van der Waals surface area contributed by atoms with Crippen molar-refractivity contribution in [3.05, 3.63) is 24.3 Å². The third-order valence-corrected chi connectivity index (χ3v) is 3.81. The van der Waals surface area contributed by atoms with Gasteiger partial charge in [0.2, 0.25) is 5.91 Å². The van der Waals surface area contributed by atoms with Crippen molar-refractivity contribution in [3.63, 3.8) is 0 Å². The summed E-state index contributed by atoms with van der Waals surface area (Å²) < 4.78 is 0. The Bertz CT molecular complexity index is 471. The predicted octanol–water partition coefficient (Wildman–Crippen LogP) is 2.72. The lowest BCUT2D eigenvalue weighted by Gasteiger charge is -2.37. The van der Waals surface area contributed by atoms with Crippen molar-refractivity contribution in [2.75, 3.05) is 30.7 Å². The number of benzene rings is 1. The molecule has 0 aliphatic carbocycles. The van der Waals surface area contributed by atoms with Crippen LogP contribution in [0.3, 0.4) is 0 Å². The quantitative estimate of drug-likeness (QED) is 0.831. The Morgan fingerprint density at radius 1 is 1.45 bits per heavy atom. The maximum absolute atomic E-state index is 11.9.